The molecule has 0 radical (unpaired) electrons. The molecule has 1 aromatic heterocycles. The fourth-order valence-corrected chi connectivity index (χ4v) is 2.84. The van der Waals surface area contributed by atoms with Crippen molar-refractivity contribution in [3.05, 3.63) is 42.1 Å². The molecule has 1 amide bonds. The number of benzene rings is 1. The minimum absolute atomic E-state index is 0.00378. The van der Waals surface area contributed by atoms with Gasteiger partial charge in [0.05, 0.1) is 24.6 Å². The van der Waals surface area contributed by atoms with Crippen molar-refractivity contribution in [2.75, 3.05) is 13.2 Å². The number of nitrogens with zero attached hydrogens (tertiary/aromatic N) is 2. The Kier molecular flexibility index (Phi) is 3.65. The lowest BCUT2D eigenvalue weighted by atomic mass is 10.1. The minimum Gasteiger partial charge on any atom is -0.394 e. The van der Waals surface area contributed by atoms with Crippen LogP contribution in [0.5, 0.6) is 0 Å². The van der Waals surface area contributed by atoms with E-state index in [1.807, 2.05) is 30.3 Å². The van der Waals surface area contributed by atoms with Crippen molar-refractivity contribution >= 4 is 16.8 Å². The van der Waals surface area contributed by atoms with E-state index in [9.17, 15) is 9.90 Å². The predicted molar refractivity (Wildman–Crippen MR) is 77.3 cm³/mol. The maximum absolute atomic E-state index is 12.3. The molecule has 1 atom stereocenters. The fraction of sp³-hybridized carbons (Fsp3) is 0.375. The lowest BCUT2D eigenvalue weighted by Crippen LogP contribution is -2.38. The number of hydrogen-bond donors (Lipinski definition) is 1. The van der Waals surface area contributed by atoms with Gasteiger partial charge in [-0.2, -0.15) is 0 Å². The zero-order chi connectivity index (χ0) is 13.9. The third kappa shape index (κ3) is 2.51. The van der Waals surface area contributed by atoms with Gasteiger partial charge < -0.3 is 10.0 Å². The summed E-state index contributed by atoms with van der Waals surface area (Å²) in [6.07, 6.45) is 4.00. The van der Waals surface area contributed by atoms with E-state index in [2.05, 4.69) is 4.98 Å². The molecular weight excluding hydrogens is 252 g/mol. The fourth-order valence-electron chi connectivity index (χ4n) is 2.84. The van der Waals surface area contributed by atoms with Crippen molar-refractivity contribution in [3.63, 3.8) is 0 Å². The minimum atomic E-state index is -0.00378. The summed E-state index contributed by atoms with van der Waals surface area (Å²) in [4.78, 5) is 18.5. The van der Waals surface area contributed by atoms with Gasteiger partial charge in [-0.05, 0) is 30.5 Å². The van der Waals surface area contributed by atoms with Crippen LogP contribution in [0.25, 0.3) is 10.9 Å². The van der Waals surface area contributed by atoms with Gasteiger partial charge >= 0.3 is 0 Å². The van der Waals surface area contributed by atoms with Gasteiger partial charge in [-0.3, -0.25) is 9.78 Å². The summed E-state index contributed by atoms with van der Waals surface area (Å²) in [6.45, 7) is 0.812. The molecule has 20 heavy (non-hydrogen) atoms. The Morgan fingerprint density at radius 1 is 1.40 bits per heavy atom. The molecule has 4 heteroatoms. The van der Waals surface area contributed by atoms with Crippen LogP contribution in [0.15, 0.2) is 36.5 Å². The summed E-state index contributed by atoms with van der Waals surface area (Å²) in [5.41, 5.74) is 1.87. The van der Waals surface area contributed by atoms with Crippen molar-refractivity contribution in [2.45, 2.75) is 25.3 Å². The number of carbonyl (C=O) groups is 1. The van der Waals surface area contributed by atoms with Crippen LogP contribution in [-0.4, -0.2) is 40.1 Å². The molecule has 0 saturated carbocycles. The van der Waals surface area contributed by atoms with E-state index in [4.69, 9.17) is 0 Å². The second-order valence-electron chi connectivity index (χ2n) is 5.28. The quantitative estimate of drug-likeness (QED) is 0.924. The van der Waals surface area contributed by atoms with Gasteiger partial charge in [0.15, 0.2) is 0 Å². The Morgan fingerprint density at radius 2 is 2.25 bits per heavy atom. The third-order valence-corrected chi connectivity index (χ3v) is 3.91. The van der Waals surface area contributed by atoms with Crippen molar-refractivity contribution in [1.82, 2.24) is 9.88 Å². The van der Waals surface area contributed by atoms with Crippen LogP contribution < -0.4 is 0 Å². The van der Waals surface area contributed by atoms with E-state index in [0.29, 0.717) is 6.42 Å². The van der Waals surface area contributed by atoms with E-state index < -0.39 is 0 Å². The molecule has 1 fully saturated rings. The Labute approximate surface area is 118 Å². The van der Waals surface area contributed by atoms with Crippen molar-refractivity contribution in [2.24, 2.45) is 0 Å². The Morgan fingerprint density at radius 3 is 3.10 bits per heavy atom. The average molecular weight is 270 g/mol. The van der Waals surface area contributed by atoms with Crippen molar-refractivity contribution in [3.8, 4) is 0 Å². The first-order valence-corrected chi connectivity index (χ1v) is 7.02. The molecule has 1 saturated heterocycles. The molecule has 1 aliphatic heterocycles. The molecule has 1 aromatic carbocycles. The van der Waals surface area contributed by atoms with E-state index in [-0.39, 0.29) is 18.6 Å². The number of para-hydroxylation sites is 1. The van der Waals surface area contributed by atoms with Crippen LogP contribution in [0.4, 0.5) is 0 Å². The Hall–Kier alpha value is -1.94. The Bertz CT molecular complexity index is 627. The van der Waals surface area contributed by atoms with E-state index in [1.165, 1.54) is 0 Å². The first-order valence-electron chi connectivity index (χ1n) is 7.02. The van der Waals surface area contributed by atoms with E-state index in [1.54, 1.807) is 11.1 Å². The molecule has 0 aliphatic carbocycles. The number of aromatic nitrogens is 1. The van der Waals surface area contributed by atoms with Crippen molar-refractivity contribution in [1.29, 1.82) is 0 Å². The number of aliphatic hydroxyl groups is 1. The Balaban J connectivity index is 1.77. The van der Waals surface area contributed by atoms with Crippen LogP contribution in [0, 0.1) is 0 Å². The number of hydrogen-bond acceptors (Lipinski definition) is 3. The SMILES string of the molecule is O=C(Cc1cnc2ccccc2c1)N1CCC[C@H]1CO. The smallest absolute Gasteiger partial charge is 0.227 e. The highest BCUT2D eigenvalue weighted by molar-refractivity contribution is 5.83. The summed E-state index contributed by atoms with van der Waals surface area (Å²) < 4.78 is 0. The van der Waals surface area contributed by atoms with Gasteiger partial charge in [-0.15, -0.1) is 0 Å². The largest absolute Gasteiger partial charge is 0.394 e. The second-order valence-corrected chi connectivity index (χ2v) is 5.28. The number of likely N-dealkylation sites (tertiary alicyclic amines) is 1. The molecule has 0 bridgehead atoms. The highest BCUT2D eigenvalue weighted by Crippen LogP contribution is 2.19. The summed E-state index contributed by atoms with van der Waals surface area (Å²) in [5.74, 6) is 0.0821. The van der Waals surface area contributed by atoms with Crippen molar-refractivity contribution < 1.29 is 9.90 Å². The van der Waals surface area contributed by atoms with Gasteiger partial charge in [-0.1, -0.05) is 18.2 Å². The molecule has 104 valence electrons. The number of aliphatic hydroxyl groups excluding tert-OH is 1. The molecule has 1 N–H and O–H groups in total. The predicted octanol–water partition coefficient (Wildman–Crippen LogP) is 1.76. The monoisotopic (exact) mass is 270 g/mol. The van der Waals surface area contributed by atoms with Crippen LogP contribution in [-0.2, 0) is 11.2 Å². The molecule has 2 heterocycles. The molecule has 0 spiro atoms. The molecule has 3 rings (SSSR count). The van der Waals surface area contributed by atoms with Crippen LogP contribution in [0.2, 0.25) is 0 Å². The lowest BCUT2D eigenvalue weighted by molar-refractivity contribution is -0.131. The zero-order valence-electron chi connectivity index (χ0n) is 11.3. The number of rotatable bonds is 3. The maximum atomic E-state index is 12.3. The van der Waals surface area contributed by atoms with Crippen LogP contribution >= 0.6 is 0 Å². The number of fused-ring (bicyclic) bond motifs is 1. The number of carbonyl (C=O) groups excluding carboxylic acids is 1. The molecule has 2 aromatic rings. The normalized spacial score (nSPS) is 18.6. The van der Waals surface area contributed by atoms with E-state index in [0.717, 1.165) is 35.9 Å². The number of amides is 1. The molecule has 0 unspecified atom stereocenters. The maximum Gasteiger partial charge on any atom is 0.227 e. The molecular formula is C16H18N2O2. The highest BCUT2D eigenvalue weighted by Gasteiger charge is 2.27. The van der Waals surface area contributed by atoms with Crippen LogP contribution in [0.1, 0.15) is 18.4 Å². The van der Waals surface area contributed by atoms with Gasteiger partial charge in [0.1, 0.15) is 0 Å². The standard InChI is InChI=1S/C16H18N2O2/c19-11-14-5-3-7-18(14)16(20)9-12-8-13-4-1-2-6-15(13)17-10-12/h1-2,4,6,8,10,14,19H,3,5,7,9,11H2/t14-/m0/s1. The van der Waals surface area contributed by atoms with E-state index >= 15 is 0 Å². The first-order chi connectivity index (χ1) is 9.78. The second kappa shape index (κ2) is 5.59. The number of pyridine rings is 1. The molecule has 1 aliphatic rings. The van der Waals surface area contributed by atoms with Crippen LogP contribution in [0.3, 0.4) is 0 Å². The average Bonchev–Trinajstić information content (AvgIpc) is 2.95. The highest BCUT2D eigenvalue weighted by atomic mass is 16.3. The summed E-state index contributed by atoms with van der Waals surface area (Å²) in [6, 6.07) is 9.90. The van der Waals surface area contributed by atoms with Gasteiger partial charge in [0.25, 0.3) is 0 Å². The van der Waals surface area contributed by atoms with Gasteiger partial charge in [0, 0.05) is 18.1 Å². The first kappa shape index (κ1) is 13.1. The molecule has 4 nitrogen and oxygen atoms in total. The van der Waals surface area contributed by atoms with Gasteiger partial charge in [0.2, 0.25) is 5.91 Å². The summed E-state index contributed by atoms with van der Waals surface area (Å²) >= 11 is 0. The topological polar surface area (TPSA) is 53.4 Å². The lowest BCUT2D eigenvalue weighted by Gasteiger charge is -2.23. The third-order valence-electron chi connectivity index (χ3n) is 3.91. The summed E-state index contributed by atoms with van der Waals surface area (Å²) in [5, 5.41) is 10.3. The van der Waals surface area contributed by atoms with Gasteiger partial charge in [-0.25, -0.2) is 0 Å². The zero-order valence-corrected chi connectivity index (χ0v) is 11.3. The summed E-state index contributed by atoms with van der Waals surface area (Å²) in [7, 11) is 0.